The van der Waals surface area contributed by atoms with Crippen molar-refractivity contribution in [1.29, 1.82) is 0 Å². The van der Waals surface area contributed by atoms with Crippen LogP contribution in [0.1, 0.15) is 5.56 Å². The summed E-state index contributed by atoms with van der Waals surface area (Å²) >= 11 is 0. The third-order valence-electron chi connectivity index (χ3n) is 2.82. The number of nitrogens with one attached hydrogen (secondary N) is 2. The van der Waals surface area contributed by atoms with Gasteiger partial charge in [-0.3, -0.25) is 14.9 Å². The van der Waals surface area contributed by atoms with Crippen molar-refractivity contribution < 1.29 is 28.6 Å². The highest BCUT2D eigenvalue weighted by atomic mass is 16.5. The van der Waals surface area contributed by atoms with Crippen LogP contribution in [0.4, 0.5) is 4.79 Å². The minimum Gasteiger partial charge on any atom is -0.493 e. The van der Waals surface area contributed by atoms with Crippen molar-refractivity contribution in [2.75, 3.05) is 27.4 Å². The van der Waals surface area contributed by atoms with E-state index in [0.29, 0.717) is 17.1 Å². The SMILES string of the molecule is C=CCNC(=O)NC(=O)COC(=O)Cc1ccc(OC)c(OC)c1. The van der Waals surface area contributed by atoms with Crippen molar-refractivity contribution in [1.82, 2.24) is 10.6 Å². The Bertz CT molecular complexity index is 615. The van der Waals surface area contributed by atoms with Gasteiger partial charge in [0, 0.05) is 6.54 Å². The highest BCUT2D eigenvalue weighted by Crippen LogP contribution is 2.27. The Morgan fingerprint density at radius 3 is 2.50 bits per heavy atom. The van der Waals surface area contributed by atoms with Crippen LogP contribution in [0.25, 0.3) is 0 Å². The number of carbonyl (C=O) groups is 3. The molecule has 130 valence electrons. The second kappa shape index (κ2) is 9.88. The Hall–Kier alpha value is -3.03. The molecule has 0 atom stereocenters. The summed E-state index contributed by atoms with van der Waals surface area (Å²) in [7, 11) is 3.00. The summed E-state index contributed by atoms with van der Waals surface area (Å²) in [4.78, 5) is 34.4. The number of urea groups is 1. The first kappa shape index (κ1) is 19.0. The molecule has 8 nitrogen and oxygen atoms in total. The molecule has 0 bridgehead atoms. The third kappa shape index (κ3) is 6.39. The van der Waals surface area contributed by atoms with Gasteiger partial charge in [-0.1, -0.05) is 12.1 Å². The fourth-order valence-corrected chi connectivity index (χ4v) is 1.73. The van der Waals surface area contributed by atoms with Gasteiger partial charge in [0.1, 0.15) is 0 Å². The molecule has 2 N–H and O–H groups in total. The Morgan fingerprint density at radius 1 is 1.17 bits per heavy atom. The van der Waals surface area contributed by atoms with Gasteiger partial charge in [-0.2, -0.15) is 0 Å². The van der Waals surface area contributed by atoms with E-state index in [2.05, 4.69) is 11.9 Å². The lowest BCUT2D eigenvalue weighted by atomic mass is 10.1. The lowest BCUT2D eigenvalue weighted by Crippen LogP contribution is -2.41. The number of benzene rings is 1. The first-order valence-electron chi connectivity index (χ1n) is 7.05. The Balaban J connectivity index is 2.45. The van der Waals surface area contributed by atoms with Crippen molar-refractivity contribution in [2.24, 2.45) is 0 Å². The molecule has 3 amide bonds. The summed E-state index contributed by atoms with van der Waals surface area (Å²) < 4.78 is 15.1. The van der Waals surface area contributed by atoms with E-state index in [1.807, 2.05) is 5.32 Å². The van der Waals surface area contributed by atoms with E-state index in [-0.39, 0.29) is 13.0 Å². The summed E-state index contributed by atoms with van der Waals surface area (Å²) in [6, 6.07) is 4.31. The minimum absolute atomic E-state index is 0.0453. The Kier molecular flexibility index (Phi) is 7.83. The van der Waals surface area contributed by atoms with Crippen LogP contribution in [-0.2, 0) is 20.7 Å². The van der Waals surface area contributed by atoms with Crippen molar-refractivity contribution in [3.05, 3.63) is 36.4 Å². The van der Waals surface area contributed by atoms with Crippen LogP contribution in [-0.4, -0.2) is 45.3 Å². The minimum atomic E-state index is -0.725. The summed E-state index contributed by atoms with van der Waals surface area (Å²) in [5.41, 5.74) is 0.641. The van der Waals surface area contributed by atoms with Gasteiger partial charge in [0.05, 0.1) is 20.6 Å². The van der Waals surface area contributed by atoms with Crippen LogP contribution in [0.15, 0.2) is 30.9 Å². The molecule has 0 aromatic heterocycles. The zero-order valence-electron chi connectivity index (χ0n) is 13.6. The van der Waals surface area contributed by atoms with Crippen molar-refractivity contribution in [3.8, 4) is 11.5 Å². The Morgan fingerprint density at radius 2 is 1.88 bits per heavy atom. The number of imide groups is 1. The molecule has 0 aliphatic rings. The maximum absolute atomic E-state index is 11.7. The van der Waals surface area contributed by atoms with Gasteiger partial charge in [0.15, 0.2) is 18.1 Å². The number of carbonyl (C=O) groups excluding carboxylic acids is 3. The smallest absolute Gasteiger partial charge is 0.321 e. The van der Waals surface area contributed by atoms with Gasteiger partial charge >= 0.3 is 12.0 Å². The number of methoxy groups -OCH3 is 2. The zero-order chi connectivity index (χ0) is 17.9. The zero-order valence-corrected chi connectivity index (χ0v) is 13.6. The number of hydrogen-bond donors (Lipinski definition) is 2. The largest absolute Gasteiger partial charge is 0.493 e. The van der Waals surface area contributed by atoms with Gasteiger partial charge in [-0.25, -0.2) is 4.79 Å². The quantitative estimate of drug-likeness (QED) is 0.538. The van der Waals surface area contributed by atoms with E-state index in [9.17, 15) is 14.4 Å². The number of amides is 3. The Labute approximate surface area is 139 Å². The number of esters is 1. The predicted molar refractivity (Wildman–Crippen MR) is 85.9 cm³/mol. The average Bonchev–Trinajstić information content (AvgIpc) is 2.58. The molecule has 0 aliphatic heterocycles. The van der Waals surface area contributed by atoms with Crippen LogP contribution >= 0.6 is 0 Å². The molecule has 8 heteroatoms. The normalized spacial score (nSPS) is 9.58. The summed E-state index contributed by atoms with van der Waals surface area (Å²) in [5, 5.41) is 4.38. The van der Waals surface area contributed by atoms with E-state index >= 15 is 0 Å². The van der Waals surface area contributed by atoms with Crippen LogP contribution in [0, 0.1) is 0 Å². The van der Waals surface area contributed by atoms with Gasteiger partial charge in [-0.05, 0) is 17.7 Å². The lowest BCUT2D eigenvalue weighted by molar-refractivity contribution is -0.147. The molecule has 0 unspecified atom stereocenters. The molecule has 24 heavy (non-hydrogen) atoms. The van der Waals surface area contributed by atoms with Crippen molar-refractivity contribution in [3.63, 3.8) is 0 Å². The second-order valence-electron chi connectivity index (χ2n) is 4.57. The van der Waals surface area contributed by atoms with E-state index in [0.717, 1.165) is 0 Å². The second-order valence-corrected chi connectivity index (χ2v) is 4.57. The van der Waals surface area contributed by atoms with Gasteiger partial charge in [-0.15, -0.1) is 6.58 Å². The van der Waals surface area contributed by atoms with Crippen molar-refractivity contribution >= 4 is 17.9 Å². The molecule has 1 aromatic rings. The predicted octanol–water partition coefficient (Wildman–Crippen LogP) is 0.801. The van der Waals surface area contributed by atoms with E-state index in [1.165, 1.54) is 20.3 Å². The molecule has 0 aliphatic carbocycles. The van der Waals surface area contributed by atoms with Crippen LogP contribution < -0.4 is 20.1 Å². The van der Waals surface area contributed by atoms with E-state index < -0.39 is 24.5 Å². The van der Waals surface area contributed by atoms with Crippen LogP contribution in [0.3, 0.4) is 0 Å². The standard InChI is InChI=1S/C16H20N2O6/c1-4-7-17-16(21)18-14(19)10-24-15(20)9-11-5-6-12(22-2)13(8-11)23-3/h4-6,8H,1,7,9-10H2,2-3H3,(H2,17,18,19,21). The molecule has 0 radical (unpaired) electrons. The summed E-state index contributed by atoms with van der Waals surface area (Å²) in [5.74, 6) is -0.306. The molecule has 0 heterocycles. The van der Waals surface area contributed by atoms with Gasteiger partial charge in [0.2, 0.25) is 0 Å². The molecule has 1 aromatic carbocycles. The lowest BCUT2D eigenvalue weighted by Gasteiger charge is -2.09. The highest BCUT2D eigenvalue weighted by molar-refractivity contribution is 5.95. The molecular formula is C16H20N2O6. The van der Waals surface area contributed by atoms with Crippen LogP contribution in [0.2, 0.25) is 0 Å². The van der Waals surface area contributed by atoms with Gasteiger partial charge < -0.3 is 19.5 Å². The summed E-state index contributed by atoms with van der Waals surface area (Å²) in [6.07, 6.45) is 1.42. The van der Waals surface area contributed by atoms with Crippen molar-refractivity contribution in [2.45, 2.75) is 6.42 Å². The number of rotatable bonds is 8. The molecule has 0 spiro atoms. The average molecular weight is 336 g/mol. The van der Waals surface area contributed by atoms with E-state index in [4.69, 9.17) is 14.2 Å². The third-order valence-corrected chi connectivity index (χ3v) is 2.82. The molecule has 0 fully saturated rings. The molecule has 1 rings (SSSR count). The monoisotopic (exact) mass is 336 g/mol. The fourth-order valence-electron chi connectivity index (χ4n) is 1.73. The van der Waals surface area contributed by atoms with Crippen LogP contribution in [0.5, 0.6) is 11.5 Å². The molecular weight excluding hydrogens is 316 g/mol. The first-order chi connectivity index (χ1) is 11.5. The fraction of sp³-hybridized carbons (Fsp3) is 0.312. The summed E-state index contributed by atoms with van der Waals surface area (Å²) in [6.45, 7) is 3.09. The van der Waals surface area contributed by atoms with E-state index in [1.54, 1.807) is 18.2 Å². The maximum Gasteiger partial charge on any atom is 0.321 e. The van der Waals surface area contributed by atoms with Gasteiger partial charge in [0.25, 0.3) is 5.91 Å². The first-order valence-corrected chi connectivity index (χ1v) is 7.05. The molecule has 0 saturated carbocycles. The maximum atomic E-state index is 11.7. The number of ether oxygens (including phenoxy) is 3. The molecule has 0 saturated heterocycles. The number of hydrogen-bond acceptors (Lipinski definition) is 6. The topological polar surface area (TPSA) is 103 Å². The highest BCUT2D eigenvalue weighted by Gasteiger charge is 2.12.